The first kappa shape index (κ1) is 24.4. The van der Waals surface area contributed by atoms with Gasteiger partial charge in [0.2, 0.25) is 5.91 Å². The Balaban J connectivity index is 1.82. The lowest BCUT2D eigenvalue weighted by atomic mass is 9.98. The number of benzene rings is 2. The van der Waals surface area contributed by atoms with Gasteiger partial charge in [-0.1, -0.05) is 38.6 Å². The van der Waals surface area contributed by atoms with Crippen LogP contribution in [0.1, 0.15) is 24.2 Å². The van der Waals surface area contributed by atoms with E-state index in [9.17, 15) is 9.59 Å². The third kappa shape index (κ3) is 4.88. The Bertz CT molecular complexity index is 1440. The summed E-state index contributed by atoms with van der Waals surface area (Å²) in [7, 11) is 1.52. The van der Waals surface area contributed by atoms with E-state index in [1.54, 1.807) is 24.3 Å². The number of nitrogen functional groups attached to an aromatic ring is 1. The van der Waals surface area contributed by atoms with Crippen LogP contribution in [0, 0.1) is 5.92 Å². The van der Waals surface area contributed by atoms with Crippen LogP contribution in [0.3, 0.4) is 0 Å². The number of anilines is 2. The second kappa shape index (κ2) is 10.3. The van der Waals surface area contributed by atoms with E-state index in [4.69, 9.17) is 10.5 Å². The molecular formula is C26H27N7O3. The van der Waals surface area contributed by atoms with E-state index >= 15 is 0 Å². The van der Waals surface area contributed by atoms with E-state index in [1.165, 1.54) is 24.1 Å². The molecule has 0 saturated carbocycles. The summed E-state index contributed by atoms with van der Waals surface area (Å²) in [5.41, 5.74) is 10.6. The molecule has 10 heteroatoms. The van der Waals surface area contributed by atoms with Gasteiger partial charge in [0.15, 0.2) is 5.82 Å². The quantitative estimate of drug-likeness (QED) is 0.325. The molecule has 2 aromatic carbocycles. The molecule has 10 nitrogen and oxygen atoms in total. The van der Waals surface area contributed by atoms with Gasteiger partial charge in [0, 0.05) is 23.4 Å². The number of hydrogen-bond donors (Lipinski definition) is 3. The lowest BCUT2D eigenvalue weighted by Gasteiger charge is -2.13. The fourth-order valence-electron chi connectivity index (χ4n) is 3.73. The van der Waals surface area contributed by atoms with E-state index < -0.39 is 0 Å². The molecule has 0 fully saturated rings. The first-order chi connectivity index (χ1) is 17.3. The average Bonchev–Trinajstić information content (AvgIpc) is 3.28. The average molecular weight is 486 g/mol. The summed E-state index contributed by atoms with van der Waals surface area (Å²) < 4.78 is 6.99. The Kier molecular flexibility index (Phi) is 6.95. The zero-order chi connectivity index (χ0) is 25.8. The molecule has 0 spiro atoms. The smallest absolute Gasteiger partial charge is 0.255 e. The van der Waals surface area contributed by atoms with E-state index in [1.807, 2.05) is 32.0 Å². The molecule has 2 amide bonds. The molecule has 0 radical (unpaired) electrons. The van der Waals surface area contributed by atoms with Gasteiger partial charge < -0.3 is 21.1 Å². The maximum absolute atomic E-state index is 12.7. The standard InChI is InChI=1S/C26H27N7O3/c1-5-21(34)31-18-9-6-16(7-10-18)23-22(24-25(27)29-14-30-33(24)32-23)17-8-11-19(20(12-17)36-4)26(35)28-13-15(2)3/h5-12,14-15H,1,13H2,2-4H3,(H,28,35)(H,31,34)(H2,27,29,30). The molecular weight excluding hydrogens is 458 g/mol. The number of nitrogens with one attached hydrogen (secondary N) is 2. The molecule has 2 heterocycles. The van der Waals surface area contributed by atoms with E-state index in [0.29, 0.717) is 46.2 Å². The zero-order valence-electron chi connectivity index (χ0n) is 20.3. The van der Waals surface area contributed by atoms with Crippen LogP contribution in [0.25, 0.3) is 27.9 Å². The molecule has 184 valence electrons. The summed E-state index contributed by atoms with van der Waals surface area (Å²) >= 11 is 0. The number of carbonyl (C=O) groups is 2. The molecule has 4 rings (SSSR count). The summed E-state index contributed by atoms with van der Waals surface area (Å²) in [5, 5.41) is 14.5. The van der Waals surface area contributed by atoms with Crippen molar-refractivity contribution >= 4 is 28.8 Å². The van der Waals surface area contributed by atoms with Crippen molar-refractivity contribution < 1.29 is 14.3 Å². The van der Waals surface area contributed by atoms with Crippen LogP contribution >= 0.6 is 0 Å². The minimum absolute atomic E-state index is 0.216. The van der Waals surface area contributed by atoms with E-state index in [-0.39, 0.29) is 17.6 Å². The number of carbonyl (C=O) groups excluding carboxylic acids is 2. The van der Waals surface area contributed by atoms with Crippen molar-refractivity contribution in [3.8, 4) is 28.1 Å². The fraction of sp³-hybridized carbons (Fsp3) is 0.192. The van der Waals surface area contributed by atoms with Crippen molar-refractivity contribution in [3.05, 3.63) is 67.0 Å². The first-order valence-corrected chi connectivity index (χ1v) is 11.3. The van der Waals surface area contributed by atoms with Crippen LogP contribution < -0.4 is 21.1 Å². The molecule has 0 saturated heterocycles. The SMILES string of the molecule is C=CC(=O)Nc1ccc(-c2nn3ncnc(N)c3c2-c2ccc(C(=O)NCC(C)C)c(OC)c2)cc1. The molecule has 0 unspecified atom stereocenters. The second-order valence-electron chi connectivity index (χ2n) is 8.50. The van der Waals surface area contributed by atoms with Gasteiger partial charge in [-0.05, 0) is 41.8 Å². The van der Waals surface area contributed by atoms with Crippen LogP contribution in [0.2, 0.25) is 0 Å². The van der Waals surface area contributed by atoms with Crippen molar-refractivity contribution in [2.24, 2.45) is 5.92 Å². The number of nitrogens with two attached hydrogens (primary N) is 1. The molecule has 4 N–H and O–H groups in total. The topological polar surface area (TPSA) is 137 Å². The molecule has 4 aromatic rings. The monoisotopic (exact) mass is 485 g/mol. The highest BCUT2D eigenvalue weighted by molar-refractivity contribution is 6.01. The molecule has 0 aliphatic rings. The normalized spacial score (nSPS) is 10.9. The predicted molar refractivity (Wildman–Crippen MR) is 139 cm³/mol. The number of aromatic nitrogens is 4. The molecule has 0 atom stereocenters. The number of rotatable bonds is 8. The van der Waals surface area contributed by atoms with E-state index in [2.05, 4.69) is 32.4 Å². The third-order valence-corrected chi connectivity index (χ3v) is 5.49. The summed E-state index contributed by atoms with van der Waals surface area (Å²) in [6.07, 6.45) is 2.54. The fourth-order valence-corrected chi connectivity index (χ4v) is 3.73. The van der Waals surface area contributed by atoms with Crippen LogP contribution in [0.4, 0.5) is 11.5 Å². The number of ether oxygens (including phenoxy) is 1. The van der Waals surface area contributed by atoms with Crippen molar-refractivity contribution in [2.75, 3.05) is 24.7 Å². The molecule has 2 aromatic heterocycles. The predicted octanol–water partition coefficient (Wildman–Crippen LogP) is 3.56. The van der Waals surface area contributed by atoms with Gasteiger partial charge in [-0.15, -0.1) is 14.8 Å². The summed E-state index contributed by atoms with van der Waals surface area (Å²) in [6, 6.07) is 12.5. The maximum Gasteiger partial charge on any atom is 0.255 e. The number of fused-ring (bicyclic) bond motifs is 1. The van der Waals surface area contributed by atoms with Gasteiger partial charge in [0.25, 0.3) is 5.91 Å². The molecule has 0 aliphatic heterocycles. The van der Waals surface area contributed by atoms with Gasteiger partial charge in [-0.3, -0.25) is 9.59 Å². The largest absolute Gasteiger partial charge is 0.496 e. The molecule has 0 bridgehead atoms. The van der Waals surface area contributed by atoms with Crippen molar-refractivity contribution in [3.63, 3.8) is 0 Å². The van der Waals surface area contributed by atoms with Gasteiger partial charge in [0.05, 0.1) is 12.7 Å². The Morgan fingerprint density at radius 3 is 2.56 bits per heavy atom. The van der Waals surface area contributed by atoms with Crippen molar-refractivity contribution in [2.45, 2.75) is 13.8 Å². The highest BCUT2D eigenvalue weighted by atomic mass is 16.5. The number of methoxy groups -OCH3 is 1. The van der Waals surface area contributed by atoms with Crippen LogP contribution in [0.15, 0.2) is 61.4 Å². The van der Waals surface area contributed by atoms with Gasteiger partial charge in [-0.2, -0.15) is 0 Å². The van der Waals surface area contributed by atoms with Gasteiger partial charge >= 0.3 is 0 Å². The Labute approximate surface area is 208 Å². The van der Waals surface area contributed by atoms with E-state index in [0.717, 1.165) is 11.1 Å². The summed E-state index contributed by atoms with van der Waals surface area (Å²) in [6.45, 7) is 8.07. The van der Waals surface area contributed by atoms with Crippen LogP contribution in [-0.2, 0) is 4.79 Å². The van der Waals surface area contributed by atoms with Gasteiger partial charge in [0.1, 0.15) is 23.3 Å². The minimum atomic E-state index is -0.302. The Hall–Kier alpha value is -4.73. The van der Waals surface area contributed by atoms with Crippen molar-refractivity contribution in [1.82, 2.24) is 25.1 Å². The lowest BCUT2D eigenvalue weighted by Crippen LogP contribution is -2.27. The Morgan fingerprint density at radius 2 is 1.89 bits per heavy atom. The molecule has 36 heavy (non-hydrogen) atoms. The van der Waals surface area contributed by atoms with Crippen LogP contribution in [-0.4, -0.2) is 45.3 Å². The van der Waals surface area contributed by atoms with Crippen molar-refractivity contribution in [1.29, 1.82) is 0 Å². The summed E-state index contributed by atoms with van der Waals surface area (Å²) in [4.78, 5) is 28.5. The number of hydrogen-bond acceptors (Lipinski definition) is 7. The second-order valence-corrected chi connectivity index (χ2v) is 8.50. The molecule has 0 aliphatic carbocycles. The third-order valence-electron chi connectivity index (χ3n) is 5.49. The number of amides is 2. The van der Waals surface area contributed by atoms with Crippen LogP contribution in [0.5, 0.6) is 5.75 Å². The number of nitrogens with zero attached hydrogens (tertiary/aromatic N) is 4. The zero-order valence-corrected chi connectivity index (χ0v) is 20.3. The lowest BCUT2D eigenvalue weighted by molar-refractivity contribution is -0.111. The first-order valence-electron chi connectivity index (χ1n) is 11.3. The Morgan fingerprint density at radius 1 is 1.17 bits per heavy atom. The summed E-state index contributed by atoms with van der Waals surface area (Å²) in [5.74, 6) is 0.472. The van der Waals surface area contributed by atoms with Gasteiger partial charge in [-0.25, -0.2) is 4.98 Å². The minimum Gasteiger partial charge on any atom is -0.496 e. The highest BCUT2D eigenvalue weighted by Crippen LogP contribution is 2.38. The highest BCUT2D eigenvalue weighted by Gasteiger charge is 2.22. The maximum atomic E-state index is 12.7.